The van der Waals surface area contributed by atoms with Gasteiger partial charge in [-0.2, -0.15) is 0 Å². The number of ether oxygens (including phenoxy) is 1. The van der Waals surface area contributed by atoms with E-state index >= 15 is 0 Å². The van der Waals surface area contributed by atoms with Gasteiger partial charge in [-0.3, -0.25) is 0 Å². The number of hydrogen-bond acceptors (Lipinski definition) is 7. The van der Waals surface area contributed by atoms with E-state index in [9.17, 15) is 4.79 Å². The first-order valence-electron chi connectivity index (χ1n) is 4.16. The van der Waals surface area contributed by atoms with Crippen molar-refractivity contribution in [1.29, 1.82) is 0 Å². The largest absolute Gasteiger partial charge is 0.461 e. The Balaban J connectivity index is 3.04. The van der Waals surface area contributed by atoms with Crippen molar-refractivity contribution in [2.24, 2.45) is 5.16 Å². The zero-order valence-electron chi connectivity index (χ0n) is 8.04. The normalized spacial score (nSPS) is 10.5. The molecule has 7 nitrogen and oxygen atoms in total. The standard InChI is InChI=1S/C8H10N4O3/c1-2-15-8(13)6-7(9)10-3-5(12-6)4-11-14/h3-4,14H,2H2,1H3,(H2,9,10). The van der Waals surface area contributed by atoms with Crippen LogP contribution in [0.1, 0.15) is 23.1 Å². The van der Waals surface area contributed by atoms with Gasteiger partial charge in [-0.25, -0.2) is 14.8 Å². The predicted molar refractivity (Wildman–Crippen MR) is 51.8 cm³/mol. The molecule has 0 unspecified atom stereocenters. The number of nitrogens with zero attached hydrogens (tertiary/aromatic N) is 3. The van der Waals surface area contributed by atoms with E-state index in [1.807, 2.05) is 0 Å². The van der Waals surface area contributed by atoms with Crippen molar-refractivity contribution in [3.05, 3.63) is 17.6 Å². The highest BCUT2D eigenvalue weighted by Gasteiger charge is 2.14. The summed E-state index contributed by atoms with van der Waals surface area (Å²) in [5.74, 6) is -0.681. The summed E-state index contributed by atoms with van der Waals surface area (Å²) in [5, 5.41) is 11.0. The zero-order valence-corrected chi connectivity index (χ0v) is 8.04. The van der Waals surface area contributed by atoms with Crippen LogP contribution in [0.25, 0.3) is 0 Å². The fraction of sp³-hybridized carbons (Fsp3) is 0.250. The second-order valence-electron chi connectivity index (χ2n) is 2.49. The number of carbonyl (C=O) groups is 1. The van der Waals surface area contributed by atoms with Crippen molar-refractivity contribution in [2.75, 3.05) is 12.3 Å². The number of aromatic nitrogens is 2. The molecule has 0 aliphatic heterocycles. The van der Waals surface area contributed by atoms with Crippen LogP contribution in [0.5, 0.6) is 0 Å². The summed E-state index contributed by atoms with van der Waals surface area (Å²) in [4.78, 5) is 18.8. The van der Waals surface area contributed by atoms with Gasteiger partial charge < -0.3 is 15.7 Å². The van der Waals surface area contributed by atoms with Crippen LogP contribution in [0, 0.1) is 0 Å². The Kier molecular flexibility index (Phi) is 3.55. The van der Waals surface area contributed by atoms with Gasteiger partial charge in [0.05, 0.1) is 19.0 Å². The van der Waals surface area contributed by atoms with Gasteiger partial charge in [-0.1, -0.05) is 5.16 Å². The van der Waals surface area contributed by atoms with Crippen LogP contribution in [-0.2, 0) is 4.74 Å². The highest BCUT2D eigenvalue weighted by atomic mass is 16.5. The summed E-state index contributed by atoms with van der Waals surface area (Å²) in [6.45, 7) is 1.89. The summed E-state index contributed by atoms with van der Waals surface area (Å²) < 4.78 is 4.71. The topological polar surface area (TPSA) is 111 Å². The molecule has 1 aromatic rings. The Morgan fingerprint density at radius 3 is 3.13 bits per heavy atom. The van der Waals surface area contributed by atoms with Gasteiger partial charge >= 0.3 is 5.97 Å². The number of anilines is 1. The van der Waals surface area contributed by atoms with E-state index in [4.69, 9.17) is 15.7 Å². The maximum atomic E-state index is 11.3. The van der Waals surface area contributed by atoms with Crippen molar-refractivity contribution in [3.63, 3.8) is 0 Å². The molecule has 0 aliphatic rings. The van der Waals surface area contributed by atoms with Crippen molar-refractivity contribution in [1.82, 2.24) is 9.97 Å². The monoisotopic (exact) mass is 210 g/mol. The molecule has 3 N–H and O–H groups in total. The van der Waals surface area contributed by atoms with E-state index in [-0.39, 0.29) is 23.8 Å². The van der Waals surface area contributed by atoms with Gasteiger partial charge in [-0.05, 0) is 6.92 Å². The number of esters is 1. The summed E-state index contributed by atoms with van der Waals surface area (Å²) in [5.41, 5.74) is 5.56. The average molecular weight is 210 g/mol. The van der Waals surface area contributed by atoms with Crippen LogP contribution in [0.3, 0.4) is 0 Å². The second kappa shape index (κ2) is 4.89. The van der Waals surface area contributed by atoms with Crippen molar-refractivity contribution in [3.8, 4) is 0 Å². The fourth-order valence-corrected chi connectivity index (χ4v) is 0.883. The van der Waals surface area contributed by atoms with E-state index in [1.165, 1.54) is 6.20 Å². The molecule has 0 aromatic carbocycles. The molecule has 0 radical (unpaired) electrons. The molecule has 1 heterocycles. The molecule has 1 rings (SSSR count). The van der Waals surface area contributed by atoms with E-state index in [2.05, 4.69) is 15.1 Å². The minimum atomic E-state index is -0.657. The van der Waals surface area contributed by atoms with Crippen molar-refractivity contribution >= 4 is 18.0 Å². The molecule has 0 bridgehead atoms. The number of oxime groups is 1. The second-order valence-corrected chi connectivity index (χ2v) is 2.49. The van der Waals surface area contributed by atoms with E-state index in [1.54, 1.807) is 6.92 Å². The Morgan fingerprint density at radius 1 is 1.80 bits per heavy atom. The Morgan fingerprint density at radius 2 is 2.53 bits per heavy atom. The first-order chi connectivity index (χ1) is 7.19. The molecule has 0 atom stereocenters. The summed E-state index contributed by atoms with van der Waals surface area (Å²) in [7, 11) is 0. The average Bonchev–Trinajstić information content (AvgIpc) is 2.21. The Bertz CT molecular complexity index is 391. The third-order valence-electron chi connectivity index (χ3n) is 1.48. The molecule has 0 saturated heterocycles. The molecule has 0 fully saturated rings. The van der Waals surface area contributed by atoms with Crippen LogP contribution >= 0.6 is 0 Å². The van der Waals surface area contributed by atoms with Gasteiger partial charge in [0.15, 0.2) is 11.5 Å². The highest BCUT2D eigenvalue weighted by molar-refractivity contribution is 5.92. The quantitative estimate of drug-likeness (QED) is 0.315. The molecule has 0 amide bonds. The summed E-state index contributed by atoms with van der Waals surface area (Å²) >= 11 is 0. The molecule has 0 aliphatic carbocycles. The predicted octanol–water partition coefficient (Wildman–Crippen LogP) is 0.0436. The first kappa shape index (κ1) is 10.9. The zero-order chi connectivity index (χ0) is 11.3. The molecule has 80 valence electrons. The smallest absolute Gasteiger partial charge is 0.360 e. The van der Waals surface area contributed by atoms with Crippen LogP contribution < -0.4 is 5.73 Å². The third kappa shape index (κ3) is 2.63. The number of hydrogen-bond donors (Lipinski definition) is 2. The number of rotatable bonds is 3. The summed E-state index contributed by atoms with van der Waals surface area (Å²) in [6, 6.07) is 0. The minimum Gasteiger partial charge on any atom is -0.461 e. The van der Waals surface area contributed by atoms with Crippen LogP contribution in [-0.4, -0.2) is 34.0 Å². The van der Waals surface area contributed by atoms with Gasteiger partial charge in [0.2, 0.25) is 0 Å². The number of nitrogens with two attached hydrogens (primary N) is 1. The molecule has 7 heteroatoms. The lowest BCUT2D eigenvalue weighted by molar-refractivity contribution is 0.0520. The first-order valence-corrected chi connectivity index (χ1v) is 4.16. The third-order valence-corrected chi connectivity index (χ3v) is 1.48. The number of carbonyl (C=O) groups excluding carboxylic acids is 1. The highest BCUT2D eigenvalue weighted by Crippen LogP contribution is 2.06. The van der Waals surface area contributed by atoms with E-state index < -0.39 is 5.97 Å². The Hall–Kier alpha value is -2.18. The molecular weight excluding hydrogens is 200 g/mol. The lowest BCUT2D eigenvalue weighted by Crippen LogP contribution is -2.13. The maximum absolute atomic E-state index is 11.3. The van der Waals surface area contributed by atoms with E-state index in [0.717, 1.165) is 6.21 Å². The summed E-state index contributed by atoms with van der Waals surface area (Å²) in [6.07, 6.45) is 2.31. The molecule has 1 aromatic heterocycles. The Labute approximate surface area is 85.6 Å². The van der Waals surface area contributed by atoms with Gasteiger partial charge in [0.25, 0.3) is 0 Å². The maximum Gasteiger partial charge on any atom is 0.360 e. The molecule has 0 saturated carbocycles. The van der Waals surface area contributed by atoms with Crippen molar-refractivity contribution in [2.45, 2.75) is 6.92 Å². The van der Waals surface area contributed by atoms with Crippen molar-refractivity contribution < 1.29 is 14.7 Å². The minimum absolute atomic E-state index is 0.0245. The van der Waals surface area contributed by atoms with Gasteiger partial charge in [0, 0.05) is 0 Å². The fourth-order valence-electron chi connectivity index (χ4n) is 0.883. The van der Waals surface area contributed by atoms with Gasteiger partial charge in [0.1, 0.15) is 5.69 Å². The lowest BCUT2D eigenvalue weighted by atomic mass is 10.4. The van der Waals surface area contributed by atoms with Gasteiger partial charge in [-0.15, -0.1) is 0 Å². The van der Waals surface area contributed by atoms with Crippen LogP contribution in [0.15, 0.2) is 11.4 Å². The van der Waals surface area contributed by atoms with Crippen LogP contribution in [0.2, 0.25) is 0 Å². The molecular formula is C8H10N4O3. The van der Waals surface area contributed by atoms with Crippen LogP contribution in [0.4, 0.5) is 5.82 Å². The SMILES string of the molecule is CCOC(=O)c1nc(C=NO)cnc1N. The molecule has 15 heavy (non-hydrogen) atoms. The van der Waals surface area contributed by atoms with E-state index in [0.29, 0.717) is 0 Å². The molecule has 0 spiro atoms. The lowest BCUT2D eigenvalue weighted by Gasteiger charge is -2.03. The number of nitrogen functional groups attached to an aromatic ring is 1.